The monoisotopic (exact) mass is 422 g/mol. The van der Waals surface area contributed by atoms with Gasteiger partial charge in [-0.3, -0.25) is 9.69 Å². The van der Waals surface area contributed by atoms with Crippen LogP contribution >= 0.6 is 11.3 Å². The molecule has 1 saturated heterocycles. The number of fused-ring (bicyclic) bond motifs is 1. The van der Waals surface area contributed by atoms with Crippen LogP contribution in [0.5, 0.6) is 0 Å². The summed E-state index contributed by atoms with van der Waals surface area (Å²) in [5.41, 5.74) is 4.27. The van der Waals surface area contributed by atoms with Crippen molar-refractivity contribution in [3.8, 4) is 11.1 Å². The van der Waals surface area contributed by atoms with Gasteiger partial charge in [-0.1, -0.05) is 30.3 Å². The Kier molecular flexibility index (Phi) is 5.41. The van der Waals surface area contributed by atoms with E-state index in [0.29, 0.717) is 0 Å². The SMILES string of the molecule is Cn1c2c(cc(-c3ccccc3)c1=O)CN(Cc1cnc(N3CCOCC3)s1)CC2. The third-order valence-corrected chi connectivity index (χ3v) is 7.02. The Hall–Kier alpha value is -2.48. The van der Waals surface area contributed by atoms with Gasteiger partial charge in [-0.25, -0.2) is 4.98 Å². The highest BCUT2D eigenvalue weighted by atomic mass is 32.1. The van der Waals surface area contributed by atoms with Crippen LogP contribution in [-0.2, 0) is 31.3 Å². The molecule has 7 heteroatoms. The van der Waals surface area contributed by atoms with E-state index in [0.717, 1.165) is 74.3 Å². The van der Waals surface area contributed by atoms with E-state index in [-0.39, 0.29) is 5.56 Å². The Bertz CT molecular complexity index is 1090. The molecule has 1 fully saturated rings. The fourth-order valence-electron chi connectivity index (χ4n) is 4.34. The number of thiazole rings is 1. The summed E-state index contributed by atoms with van der Waals surface area (Å²) in [5.74, 6) is 0. The first-order valence-corrected chi connectivity index (χ1v) is 11.3. The van der Waals surface area contributed by atoms with Crippen LogP contribution in [-0.4, -0.2) is 47.3 Å². The number of morpholine rings is 1. The number of hydrogen-bond donors (Lipinski definition) is 0. The molecular formula is C23H26N4O2S. The van der Waals surface area contributed by atoms with Crippen LogP contribution in [0.15, 0.2) is 47.4 Å². The first-order valence-electron chi connectivity index (χ1n) is 10.5. The van der Waals surface area contributed by atoms with Crippen molar-refractivity contribution in [1.82, 2.24) is 14.5 Å². The standard InChI is InChI=1S/C23H26N4O2S/c1-25-21-7-8-26(16-19-14-24-23(30-19)27-9-11-29-12-10-27)15-18(21)13-20(22(25)28)17-5-3-2-4-6-17/h2-6,13-14H,7-12,15-16H2,1H3. The molecule has 2 aliphatic heterocycles. The molecule has 156 valence electrons. The van der Waals surface area contributed by atoms with Crippen molar-refractivity contribution in [1.29, 1.82) is 0 Å². The van der Waals surface area contributed by atoms with Crippen LogP contribution in [0.4, 0.5) is 5.13 Å². The lowest BCUT2D eigenvalue weighted by Crippen LogP contribution is -2.36. The van der Waals surface area contributed by atoms with Gasteiger partial charge in [-0.05, 0) is 17.2 Å². The topological polar surface area (TPSA) is 50.6 Å². The van der Waals surface area contributed by atoms with E-state index in [9.17, 15) is 4.79 Å². The predicted octanol–water partition coefficient (Wildman–Crippen LogP) is 2.90. The number of ether oxygens (including phenoxy) is 1. The van der Waals surface area contributed by atoms with E-state index in [1.165, 1.54) is 10.4 Å². The minimum absolute atomic E-state index is 0.0889. The fraction of sp³-hybridized carbons (Fsp3) is 0.391. The molecule has 4 heterocycles. The molecule has 2 aromatic heterocycles. The summed E-state index contributed by atoms with van der Waals surface area (Å²) in [6.45, 7) is 6.09. The second-order valence-electron chi connectivity index (χ2n) is 7.93. The number of benzene rings is 1. The van der Waals surface area contributed by atoms with Crippen molar-refractivity contribution in [2.24, 2.45) is 7.05 Å². The van der Waals surface area contributed by atoms with Crippen LogP contribution in [0.2, 0.25) is 0 Å². The lowest BCUT2D eigenvalue weighted by atomic mass is 9.99. The number of pyridine rings is 1. The van der Waals surface area contributed by atoms with Crippen LogP contribution in [0.3, 0.4) is 0 Å². The first kappa shape index (κ1) is 19.5. The Morgan fingerprint density at radius 2 is 1.93 bits per heavy atom. The van der Waals surface area contributed by atoms with Gasteiger partial charge in [0.25, 0.3) is 5.56 Å². The van der Waals surface area contributed by atoms with E-state index in [1.54, 1.807) is 11.3 Å². The molecule has 0 radical (unpaired) electrons. The Balaban J connectivity index is 1.35. The third-order valence-electron chi connectivity index (χ3n) is 5.98. The summed E-state index contributed by atoms with van der Waals surface area (Å²) in [6, 6.07) is 12.1. The van der Waals surface area contributed by atoms with Gasteiger partial charge in [0, 0.05) is 68.5 Å². The number of nitrogens with zero attached hydrogens (tertiary/aromatic N) is 4. The predicted molar refractivity (Wildman–Crippen MR) is 120 cm³/mol. The maximum absolute atomic E-state index is 12.9. The maximum atomic E-state index is 12.9. The summed E-state index contributed by atoms with van der Waals surface area (Å²) in [7, 11) is 1.90. The molecule has 2 aliphatic rings. The first-order chi connectivity index (χ1) is 14.7. The summed E-state index contributed by atoms with van der Waals surface area (Å²) >= 11 is 1.78. The molecular weight excluding hydrogens is 396 g/mol. The van der Waals surface area contributed by atoms with Crippen LogP contribution in [0, 0.1) is 0 Å². The lowest BCUT2D eigenvalue weighted by molar-refractivity contribution is 0.122. The number of anilines is 1. The summed E-state index contributed by atoms with van der Waals surface area (Å²) in [4.78, 5) is 23.6. The smallest absolute Gasteiger partial charge is 0.258 e. The minimum atomic E-state index is 0.0889. The van der Waals surface area contributed by atoms with Crippen molar-refractivity contribution in [2.75, 3.05) is 37.7 Å². The van der Waals surface area contributed by atoms with E-state index in [4.69, 9.17) is 4.74 Å². The number of aromatic nitrogens is 2. The molecule has 0 saturated carbocycles. The summed E-state index contributed by atoms with van der Waals surface area (Å²) in [5, 5.41) is 1.10. The highest BCUT2D eigenvalue weighted by Crippen LogP contribution is 2.27. The second kappa shape index (κ2) is 8.34. The fourth-order valence-corrected chi connectivity index (χ4v) is 5.34. The highest BCUT2D eigenvalue weighted by Gasteiger charge is 2.22. The zero-order valence-electron chi connectivity index (χ0n) is 17.2. The van der Waals surface area contributed by atoms with E-state index < -0.39 is 0 Å². The maximum Gasteiger partial charge on any atom is 0.258 e. The van der Waals surface area contributed by atoms with Gasteiger partial charge in [0.1, 0.15) is 0 Å². The van der Waals surface area contributed by atoms with Crippen molar-refractivity contribution in [3.05, 3.63) is 69.1 Å². The lowest BCUT2D eigenvalue weighted by Gasteiger charge is -2.30. The van der Waals surface area contributed by atoms with Gasteiger partial charge >= 0.3 is 0 Å². The molecule has 30 heavy (non-hydrogen) atoms. The van der Waals surface area contributed by atoms with Crippen molar-refractivity contribution >= 4 is 16.5 Å². The molecule has 0 aliphatic carbocycles. The third kappa shape index (κ3) is 3.80. The molecule has 6 nitrogen and oxygen atoms in total. The van der Waals surface area contributed by atoms with Gasteiger partial charge in [0.15, 0.2) is 5.13 Å². The zero-order valence-corrected chi connectivity index (χ0v) is 18.0. The Morgan fingerprint density at radius 3 is 2.73 bits per heavy atom. The van der Waals surface area contributed by atoms with Gasteiger partial charge < -0.3 is 14.2 Å². The Morgan fingerprint density at radius 1 is 1.13 bits per heavy atom. The zero-order chi connectivity index (χ0) is 20.5. The van der Waals surface area contributed by atoms with E-state index in [2.05, 4.69) is 20.9 Å². The molecule has 0 atom stereocenters. The van der Waals surface area contributed by atoms with Gasteiger partial charge in [0.05, 0.1) is 13.2 Å². The average Bonchev–Trinajstić information content (AvgIpc) is 3.26. The molecule has 0 bridgehead atoms. The molecule has 0 amide bonds. The number of rotatable bonds is 4. The van der Waals surface area contributed by atoms with Gasteiger partial charge in [0.2, 0.25) is 0 Å². The minimum Gasteiger partial charge on any atom is -0.378 e. The highest BCUT2D eigenvalue weighted by molar-refractivity contribution is 7.15. The van der Waals surface area contributed by atoms with Crippen molar-refractivity contribution in [2.45, 2.75) is 19.5 Å². The quantitative estimate of drug-likeness (QED) is 0.647. The molecule has 5 rings (SSSR count). The molecule has 0 N–H and O–H groups in total. The molecule has 1 aromatic carbocycles. The van der Waals surface area contributed by atoms with E-state index >= 15 is 0 Å². The van der Waals surface area contributed by atoms with Crippen LogP contribution in [0.1, 0.15) is 16.1 Å². The summed E-state index contributed by atoms with van der Waals surface area (Å²) < 4.78 is 7.29. The largest absolute Gasteiger partial charge is 0.378 e. The van der Waals surface area contributed by atoms with Gasteiger partial charge in [-0.2, -0.15) is 0 Å². The second-order valence-corrected chi connectivity index (χ2v) is 9.02. The van der Waals surface area contributed by atoms with Crippen LogP contribution < -0.4 is 10.5 Å². The van der Waals surface area contributed by atoms with E-state index in [1.807, 2.05) is 48.1 Å². The average molecular weight is 423 g/mol. The number of hydrogen-bond acceptors (Lipinski definition) is 6. The molecule has 0 spiro atoms. The molecule has 0 unspecified atom stereocenters. The molecule has 3 aromatic rings. The summed E-state index contributed by atoms with van der Waals surface area (Å²) in [6.07, 6.45) is 2.91. The Labute approximate surface area is 180 Å². The van der Waals surface area contributed by atoms with Crippen LogP contribution in [0.25, 0.3) is 11.1 Å². The van der Waals surface area contributed by atoms with Crippen molar-refractivity contribution < 1.29 is 4.74 Å². The van der Waals surface area contributed by atoms with Crippen molar-refractivity contribution in [3.63, 3.8) is 0 Å². The van der Waals surface area contributed by atoms with Gasteiger partial charge in [-0.15, -0.1) is 11.3 Å². The normalized spacial score (nSPS) is 17.2.